The molecule has 0 saturated heterocycles. The molecule has 9 nitrogen and oxygen atoms in total. The molecule has 0 radical (unpaired) electrons. The fraction of sp³-hybridized carbons (Fsp3) is 0.300. The van der Waals surface area contributed by atoms with Gasteiger partial charge in [0.2, 0.25) is 5.16 Å². The Morgan fingerprint density at radius 3 is 2.90 bits per heavy atom. The van der Waals surface area contributed by atoms with Gasteiger partial charge in [-0.05, 0) is 6.42 Å². The molecule has 0 saturated carbocycles. The summed E-state index contributed by atoms with van der Waals surface area (Å²) in [5.41, 5.74) is 7.14. The fourth-order valence-corrected chi connectivity index (χ4v) is 2.55. The normalized spacial score (nSPS) is 11.2. The van der Waals surface area contributed by atoms with Crippen LogP contribution in [0.5, 0.6) is 0 Å². The summed E-state index contributed by atoms with van der Waals surface area (Å²) in [6.45, 7) is 0.790. The van der Waals surface area contributed by atoms with Crippen LogP contribution in [0.4, 0.5) is 5.82 Å². The summed E-state index contributed by atoms with van der Waals surface area (Å²) >= 11 is 1.56. The molecule has 3 heterocycles. The molecule has 10 heteroatoms. The van der Waals surface area contributed by atoms with E-state index in [1.165, 1.54) is 17.3 Å². The Kier molecular flexibility index (Phi) is 3.37. The highest BCUT2D eigenvalue weighted by atomic mass is 32.2. The van der Waals surface area contributed by atoms with Crippen LogP contribution >= 0.6 is 11.8 Å². The topological polar surface area (TPSA) is 126 Å². The molecule has 0 aliphatic carbocycles. The van der Waals surface area contributed by atoms with Gasteiger partial charge in [-0.15, -0.1) is 10.2 Å². The summed E-state index contributed by atoms with van der Waals surface area (Å²) in [5.74, 6) is 6.91. The van der Waals surface area contributed by atoms with E-state index in [0.29, 0.717) is 16.5 Å². The number of hydrogen-bond acceptors (Lipinski definition) is 8. The van der Waals surface area contributed by atoms with Gasteiger partial charge in [0.25, 0.3) is 0 Å². The van der Waals surface area contributed by atoms with Crippen molar-refractivity contribution in [3.8, 4) is 0 Å². The van der Waals surface area contributed by atoms with Crippen molar-refractivity contribution in [2.75, 3.05) is 17.3 Å². The minimum absolute atomic E-state index is 0.402. The maximum atomic E-state index is 5.74. The Labute approximate surface area is 118 Å². The van der Waals surface area contributed by atoms with Crippen LogP contribution < -0.4 is 11.6 Å². The molecular weight excluding hydrogens is 278 g/mol. The van der Waals surface area contributed by atoms with Crippen LogP contribution in [0.3, 0.4) is 0 Å². The molecule has 3 aromatic rings. The highest BCUT2D eigenvalue weighted by molar-refractivity contribution is 7.99. The number of nitrogen functional groups attached to an aromatic ring is 2. The number of anilines is 1. The van der Waals surface area contributed by atoms with Crippen molar-refractivity contribution in [3.05, 3.63) is 19.0 Å². The highest BCUT2D eigenvalue weighted by Gasteiger charge is 2.07. The summed E-state index contributed by atoms with van der Waals surface area (Å²) in [6.07, 6.45) is 5.57. The zero-order chi connectivity index (χ0) is 13.9. The lowest BCUT2D eigenvalue weighted by molar-refractivity contribution is 0.695. The van der Waals surface area contributed by atoms with E-state index in [1.54, 1.807) is 18.1 Å². The van der Waals surface area contributed by atoms with Gasteiger partial charge in [0.15, 0.2) is 11.5 Å². The van der Waals surface area contributed by atoms with E-state index < -0.39 is 0 Å². The van der Waals surface area contributed by atoms with E-state index in [-0.39, 0.29) is 0 Å². The van der Waals surface area contributed by atoms with Gasteiger partial charge in [0.05, 0.1) is 6.33 Å². The van der Waals surface area contributed by atoms with Crippen molar-refractivity contribution in [2.45, 2.75) is 18.1 Å². The van der Waals surface area contributed by atoms with Crippen molar-refractivity contribution in [1.82, 2.24) is 34.4 Å². The number of fused-ring (bicyclic) bond motifs is 1. The third kappa shape index (κ3) is 2.37. The van der Waals surface area contributed by atoms with Gasteiger partial charge in [0.1, 0.15) is 18.2 Å². The molecule has 0 bridgehead atoms. The Balaban J connectivity index is 1.60. The van der Waals surface area contributed by atoms with Crippen molar-refractivity contribution >= 4 is 28.7 Å². The van der Waals surface area contributed by atoms with Gasteiger partial charge in [0, 0.05) is 12.3 Å². The summed E-state index contributed by atoms with van der Waals surface area (Å²) in [4.78, 5) is 12.3. The monoisotopic (exact) mass is 291 g/mol. The van der Waals surface area contributed by atoms with E-state index in [2.05, 4.69) is 25.1 Å². The van der Waals surface area contributed by atoms with Crippen LogP contribution in [0.2, 0.25) is 0 Å². The largest absolute Gasteiger partial charge is 0.382 e. The van der Waals surface area contributed by atoms with Gasteiger partial charge in [-0.25, -0.2) is 19.6 Å². The van der Waals surface area contributed by atoms with Crippen LogP contribution in [0.1, 0.15) is 6.42 Å². The van der Waals surface area contributed by atoms with E-state index in [4.69, 9.17) is 11.6 Å². The van der Waals surface area contributed by atoms with Crippen LogP contribution in [0.15, 0.2) is 24.1 Å². The molecule has 0 fully saturated rings. The second kappa shape index (κ2) is 5.33. The number of aromatic nitrogens is 7. The summed E-state index contributed by atoms with van der Waals surface area (Å²) < 4.78 is 3.37. The smallest absolute Gasteiger partial charge is 0.209 e. The lowest BCUT2D eigenvalue weighted by Crippen LogP contribution is -2.08. The quantitative estimate of drug-likeness (QED) is 0.379. The lowest BCUT2D eigenvalue weighted by Gasteiger charge is -2.03. The molecule has 0 amide bonds. The number of rotatable bonds is 5. The number of aryl methyl sites for hydroxylation is 1. The first kappa shape index (κ1) is 12.7. The first-order valence-electron chi connectivity index (χ1n) is 5.95. The van der Waals surface area contributed by atoms with Crippen LogP contribution in [-0.2, 0) is 6.54 Å². The second-order valence-electron chi connectivity index (χ2n) is 4.09. The zero-order valence-corrected chi connectivity index (χ0v) is 11.4. The maximum absolute atomic E-state index is 5.74. The highest BCUT2D eigenvalue weighted by Crippen LogP contribution is 2.17. The molecule has 0 spiro atoms. The first-order chi connectivity index (χ1) is 9.75. The molecule has 0 aliphatic heterocycles. The number of imidazole rings is 1. The van der Waals surface area contributed by atoms with Crippen molar-refractivity contribution in [3.63, 3.8) is 0 Å². The maximum Gasteiger partial charge on any atom is 0.209 e. The van der Waals surface area contributed by atoms with Gasteiger partial charge in [-0.3, -0.25) is 0 Å². The fourth-order valence-electron chi connectivity index (χ4n) is 1.80. The number of thioether (sulfide) groups is 1. The zero-order valence-electron chi connectivity index (χ0n) is 10.5. The van der Waals surface area contributed by atoms with Crippen LogP contribution in [0.25, 0.3) is 11.2 Å². The molecule has 3 aromatic heterocycles. The average molecular weight is 291 g/mol. The number of nitrogens with zero attached hydrogens (tertiary/aromatic N) is 7. The second-order valence-corrected chi connectivity index (χ2v) is 5.15. The average Bonchev–Trinajstić information content (AvgIpc) is 3.03. The molecule has 3 rings (SSSR count). The van der Waals surface area contributed by atoms with Crippen molar-refractivity contribution in [1.29, 1.82) is 0 Å². The van der Waals surface area contributed by atoms with Gasteiger partial charge >= 0.3 is 0 Å². The standard InChI is InChI=1S/C10H13N9S/c11-8-7-9(14-4-13-8)18(5-15-7)2-1-3-20-10-17-16-6-19(10)12/h4-6H,1-3,12H2,(H2,11,13,14). The molecule has 4 N–H and O–H groups in total. The third-order valence-electron chi connectivity index (χ3n) is 2.74. The van der Waals surface area contributed by atoms with Gasteiger partial charge in [-0.1, -0.05) is 11.8 Å². The minimum atomic E-state index is 0.402. The van der Waals surface area contributed by atoms with Crippen LogP contribution in [-0.4, -0.2) is 40.1 Å². The SMILES string of the molecule is Nc1ncnc2c1ncn2CCCSc1nncn1N. The molecule has 0 unspecified atom stereocenters. The summed E-state index contributed by atoms with van der Waals surface area (Å²) in [5, 5.41) is 8.33. The summed E-state index contributed by atoms with van der Waals surface area (Å²) in [7, 11) is 0. The predicted octanol–water partition coefficient (Wildman–Crippen LogP) is -0.104. The number of hydrogen-bond donors (Lipinski definition) is 2. The third-order valence-corrected chi connectivity index (χ3v) is 3.79. The van der Waals surface area contributed by atoms with E-state index in [1.807, 2.05) is 4.57 Å². The molecule has 104 valence electrons. The Hall–Kier alpha value is -2.36. The number of nitrogens with two attached hydrogens (primary N) is 2. The Morgan fingerprint density at radius 2 is 2.10 bits per heavy atom. The van der Waals surface area contributed by atoms with E-state index >= 15 is 0 Å². The van der Waals surface area contributed by atoms with Crippen LogP contribution in [0, 0.1) is 0 Å². The Bertz CT molecular complexity index is 718. The predicted molar refractivity (Wildman–Crippen MR) is 75.2 cm³/mol. The van der Waals surface area contributed by atoms with E-state index in [0.717, 1.165) is 24.4 Å². The van der Waals surface area contributed by atoms with Gasteiger partial charge in [-0.2, -0.15) is 0 Å². The molecule has 20 heavy (non-hydrogen) atoms. The molecule has 0 aliphatic rings. The molecule has 0 aromatic carbocycles. The van der Waals surface area contributed by atoms with Crippen molar-refractivity contribution in [2.24, 2.45) is 0 Å². The minimum Gasteiger partial charge on any atom is -0.382 e. The Morgan fingerprint density at radius 1 is 1.20 bits per heavy atom. The lowest BCUT2D eigenvalue weighted by atomic mass is 10.4. The van der Waals surface area contributed by atoms with Gasteiger partial charge < -0.3 is 16.1 Å². The van der Waals surface area contributed by atoms with Crippen molar-refractivity contribution < 1.29 is 0 Å². The van der Waals surface area contributed by atoms with E-state index in [9.17, 15) is 0 Å². The first-order valence-corrected chi connectivity index (χ1v) is 6.93. The summed E-state index contributed by atoms with van der Waals surface area (Å²) in [6, 6.07) is 0. The molecular formula is C10H13N9S. The molecule has 0 atom stereocenters.